The van der Waals surface area contributed by atoms with Crippen molar-refractivity contribution in [1.29, 1.82) is 0 Å². The Labute approximate surface area is 210 Å². The molecule has 35 heavy (non-hydrogen) atoms. The second-order valence-electron chi connectivity index (χ2n) is 9.41. The Morgan fingerprint density at radius 3 is 2.14 bits per heavy atom. The first-order valence-electron chi connectivity index (χ1n) is 12.1. The highest BCUT2D eigenvalue weighted by Gasteiger charge is 2.26. The minimum atomic E-state index is -3.50. The number of carbonyl (C=O) groups is 2. The maximum absolute atomic E-state index is 13.2. The van der Waals surface area contributed by atoms with Crippen LogP contribution >= 0.6 is 0 Å². The summed E-state index contributed by atoms with van der Waals surface area (Å²) in [6.07, 6.45) is 2.30. The molecular formula is C27H39N3O4S. The number of anilines is 1. The third kappa shape index (κ3) is 9.36. The van der Waals surface area contributed by atoms with Crippen molar-refractivity contribution in [2.24, 2.45) is 5.92 Å². The fourth-order valence-corrected chi connectivity index (χ4v) is 4.70. The number of sulfonamides is 1. The van der Waals surface area contributed by atoms with E-state index in [1.54, 1.807) is 24.0 Å². The van der Waals surface area contributed by atoms with Gasteiger partial charge in [0.15, 0.2) is 0 Å². The van der Waals surface area contributed by atoms with E-state index in [2.05, 4.69) is 5.32 Å². The molecule has 8 heteroatoms. The Bertz CT molecular complexity index is 1050. The third-order valence-corrected chi connectivity index (χ3v) is 7.00. The predicted octanol–water partition coefficient (Wildman–Crippen LogP) is 3.77. The van der Waals surface area contributed by atoms with Gasteiger partial charge in [0.2, 0.25) is 21.8 Å². The van der Waals surface area contributed by atoms with Gasteiger partial charge in [-0.15, -0.1) is 0 Å². The van der Waals surface area contributed by atoms with Crippen molar-refractivity contribution in [3.63, 3.8) is 0 Å². The van der Waals surface area contributed by atoms with E-state index < -0.39 is 16.1 Å². The van der Waals surface area contributed by atoms with Crippen LogP contribution in [0.5, 0.6) is 0 Å². The van der Waals surface area contributed by atoms with Gasteiger partial charge in [0.25, 0.3) is 0 Å². The van der Waals surface area contributed by atoms with Gasteiger partial charge in [-0.2, -0.15) is 0 Å². The van der Waals surface area contributed by atoms with Gasteiger partial charge in [-0.1, -0.05) is 61.9 Å². The van der Waals surface area contributed by atoms with Crippen LogP contribution in [0.25, 0.3) is 0 Å². The Balaban J connectivity index is 2.09. The lowest BCUT2D eigenvalue weighted by molar-refractivity contribution is -0.140. The number of nitrogens with zero attached hydrogens (tertiary/aromatic N) is 2. The summed E-state index contributed by atoms with van der Waals surface area (Å²) in [6, 6.07) is 16.5. The van der Waals surface area contributed by atoms with E-state index in [0.29, 0.717) is 37.5 Å². The van der Waals surface area contributed by atoms with Gasteiger partial charge in [-0.25, -0.2) is 8.42 Å². The van der Waals surface area contributed by atoms with Crippen LogP contribution in [0.2, 0.25) is 0 Å². The van der Waals surface area contributed by atoms with Gasteiger partial charge in [-0.3, -0.25) is 13.9 Å². The molecule has 0 aliphatic carbocycles. The summed E-state index contributed by atoms with van der Waals surface area (Å²) in [6.45, 7) is 8.86. The predicted molar refractivity (Wildman–Crippen MR) is 142 cm³/mol. The fourth-order valence-electron chi connectivity index (χ4n) is 3.74. The molecule has 2 rings (SSSR count). The van der Waals surface area contributed by atoms with Crippen LogP contribution in [0.15, 0.2) is 54.6 Å². The molecule has 0 aliphatic heterocycles. The number of hydrogen-bond acceptors (Lipinski definition) is 4. The van der Waals surface area contributed by atoms with Gasteiger partial charge < -0.3 is 10.2 Å². The van der Waals surface area contributed by atoms with Crippen LogP contribution in [0.3, 0.4) is 0 Å². The second kappa shape index (κ2) is 13.3. The standard InChI is InChI=1S/C27H39N3O4S/c1-21(2)20-28-27(32)23(4)29(19-17-24-10-7-6-8-11-24)26(31)12-9-18-30(35(5,33)34)25-15-13-22(3)14-16-25/h6-8,10-11,13-16,21,23H,9,12,17-20H2,1-5H3,(H,28,32)/t23-/m0/s1. The molecule has 192 valence electrons. The Morgan fingerprint density at radius 2 is 1.57 bits per heavy atom. The van der Waals surface area contributed by atoms with Crippen LogP contribution in [0.1, 0.15) is 44.7 Å². The number of benzene rings is 2. The minimum absolute atomic E-state index is 0.147. The summed E-state index contributed by atoms with van der Waals surface area (Å²) in [7, 11) is -3.50. The second-order valence-corrected chi connectivity index (χ2v) is 11.3. The molecule has 0 fully saturated rings. The average molecular weight is 502 g/mol. The molecule has 1 N–H and O–H groups in total. The molecule has 0 saturated carbocycles. The molecular weight excluding hydrogens is 462 g/mol. The summed E-state index contributed by atoms with van der Waals surface area (Å²) in [4.78, 5) is 27.6. The first kappa shape index (κ1) is 28.4. The number of rotatable bonds is 13. The summed E-state index contributed by atoms with van der Waals surface area (Å²) in [5, 5.41) is 2.92. The van der Waals surface area contributed by atoms with Crippen molar-refractivity contribution in [2.75, 3.05) is 30.2 Å². The van der Waals surface area contributed by atoms with E-state index >= 15 is 0 Å². The maximum atomic E-state index is 13.2. The lowest BCUT2D eigenvalue weighted by Gasteiger charge is -2.29. The average Bonchev–Trinajstić information content (AvgIpc) is 2.81. The zero-order valence-electron chi connectivity index (χ0n) is 21.5. The first-order valence-corrected chi connectivity index (χ1v) is 14.0. The van der Waals surface area contributed by atoms with E-state index in [9.17, 15) is 18.0 Å². The van der Waals surface area contributed by atoms with E-state index in [4.69, 9.17) is 0 Å². The highest BCUT2D eigenvalue weighted by molar-refractivity contribution is 7.92. The van der Waals surface area contributed by atoms with Crippen LogP contribution in [-0.4, -0.2) is 57.1 Å². The fraction of sp³-hybridized carbons (Fsp3) is 0.481. The topological polar surface area (TPSA) is 86.8 Å². The number of aryl methyl sites for hydroxylation is 1. The zero-order chi connectivity index (χ0) is 26.0. The number of hydrogen-bond donors (Lipinski definition) is 1. The largest absolute Gasteiger partial charge is 0.354 e. The van der Waals surface area contributed by atoms with Crippen molar-refractivity contribution in [3.05, 3.63) is 65.7 Å². The lowest BCUT2D eigenvalue weighted by atomic mass is 10.1. The SMILES string of the molecule is Cc1ccc(N(CCCC(=O)N(CCc2ccccc2)[C@@H](C)C(=O)NCC(C)C)S(C)(=O)=O)cc1. The van der Waals surface area contributed by atoms with E-state index in [1.165, 1.54) is 10.6 Å². The van der Waals surface area contributed by atoms with E-state index in [0.717, 1.165) is 11.1 Å². The van der Waals surface area contributed by atoms with Crippen molar-refractivity contribution in [2.45, 2.75) is 53.0 Å². The molecule has 1 atom stereocenters. The minimum Gasteiger partial charge on any atom is -0.354 e. The Hall–Kier alpha value is -2.87. The van der Waals surface area contributed by atoms with Crippen LogP contribution in [-0.2, 0) is 26.0 Å². The zero-order valence-corrected chi connectivity index (χ0v) is 22.3. The number of carbonyl (C=O) groups excluding carboxylic acids is 2. The molecule has 0 saturated heterocycles. The third-order valence-electron chi connectivity index (χ3n) is 5.81. The van der Waals surface area contributed by atoms with Crippen molar-refractivity contribution in [1.82, 2.24) is 10.2 Å². The van der Waals surface area contributed by atoms with Gasteiger partial charge in [0.1, 0.15) is 6.04 Å². The Morgan fingerprint density at radius 1 is 0.943 bits per heavy atom. The monoisotopic (exact) mass is 501 g/mol. The normalized spacial score (nSPS) is 12.3. The Kier molecular flexibility index (Phi) is 10.8. The van der Waals surface area contributed by atoms with Crippen LogP contribution < -0.4 is 9.62 Å². The maximum Gasteiger partial charge on any atom is 0.242 e. The smallest absolute Gasteiger partial charge is 0.242 e. The van der Waals surface area contributed by atoms with Gasteiger partial charge in [0.05, 0.1) is 11.9 Å². The van der Waals surface area contributed by atoms with Gasteiger partial charge >= 0.3 is 0 Å². The molecule has 7 nitrogen and oxygen atoms in total. The summed E-state index contributed by atoms with van der Waals surface area (Å²) < 4.78 is 26.1. The molecule has 0 unspecified atom stereocenters. The molecule has 2 amide bonds. The summed E-state index contributed by atoms with van der Waals surface area (Å²) >= 11 is 0. The van der Waals surface area contributed by atoms with Crippen molar-refractivity contribution in [3.8, 4) is 0 Å². The molecule has 2 aromatic carbocycles. The number of nitrogens with one attached hydrogen (secondary N) is 1. The molecule has 2 aromatic rings. The summed E-state index contributed by atoms with van der Waals surface area (Å²) in [5.74, 6) is -0.0358. The lowest BCUT2D eigenvalue weighted by Crippen LogP contribution is -2.49. The highest BCUT2D eigenvalue weighted by Crippen LogP contribution is 2.19. The van der Waals surface area contributed by atoms with E-state index in [1.807, 2.05) is 63.2 Å². The van der Waals surface area contributed by atoms with Crippen molar-refractivity contribution >= 4 is 27.5 Å². The van der Waals surface area contributed by atoms with Gasteiger partial charge in [-0.05, 0) is 50.3 Å². The van der Waals surface area contributed by atoms with Crippen LogP contribution in [0.4, 0.5) is 5.69 Å². The molecule has 0 radical (unpaired) electrons. The quantitative estimate of drug-likeness (QED) is 0.453. The molecule has 0 spiro atoms. The molecule has 0 heterocycles. The van der Waals surface area contributed by atoms with E-state index in [-0.39, 0.29) is 24.8 Å². The molecule has 0 aliphatic rings. The molecule has 0 bridgehead atoms. The van der Waals surface area contributed by atoms with Crippen molar-refractivity contribution < 1.29 is 18.0 Å². The van der Waals surface area contributed by atoms with Crippen LogP contribution in [0, 0.1) is 12.8 Å². The van der Waals surface area contributed by atoms with Gasteiger partial charge in [0, 0.05) is 26.1 Å². The summed E-state index contributed by atoms with van der Waals surface area (Å²) in [5.41, 5.74) is 2.70. The first-order chi connectivity index (χ1) is 16.5. The highest BCUT2D eigenvalue weighted by atomic mass is 32.2. The number of amides is 2. The molecule has 0 aromatic heterocycles.